The molecule has 0 atom stereocenters. The molecule has 0 bridgehead atoms. The highest BCUT2D eigenvalue weighted by Crippen LogP contribution is 2.28. The normalized spacial score (nSPS) is 11.4. The number of halogens is 1. The van der Waals surface area contributed by atoms with Gasteiger partial charge in [-0.2, -0.15) is 4.36 Å². The van der Waals surface area contributed by atoms with Crippen LogP contribution in [0.3, 0.4) is 0 Å². The molecule has 21 heavy (non-hydrogen) atoms. The number of nitrogens with one attached hydrogen (secondary N) is 1. The zero-order valence-corrected chi connectivity index (χ0v) is 13.9. The molecule has 0 saturated carbocycles. The van der Waals surface area contributed by atoms with Crippen molar-refractivity contribution >= 4 is 32.7 Å². The molecule has 0 radical (unpaired) electrons. The second-order valence-corrected chi connectivity index (χ2v) is 7.85. The predicted octanol–water partition coefficient (Wildman–Crippen LogP) is 4.97. The first-order valence-corrected chi connectivity index (χ1v) is 9.29. The van der Waals surface area contributed by atoms with E-state index in [-0.39, 0.29) is 16.7 Å². The summed E-state index contributed by atoms with van der Waals surface area (Å²) < 4.78 is 12.9. The second kappa shape index (κ2) is 8.29. The maximum absolute atomic E-state index is 11.1. The molecule has 0 aliphatic heterocycles. The van der Waals surface area contributed by atoms with Crippen LogP contribution in [0.15, 0.2) is 16.5 Å². The third kappa shape index (κ3) is 5.59. The molecule has 1 heterocycles. The number of aromatic nitrogens is 1. The van der Waals surface area contributed by atoms with E-state index in [4.69, 9.17) is 16.4 Å². The largest absolute Gasteiger partial charge is 0.314 e. The molecule has 0 aliphatic rings. The van der Waals surface area contributed by atoms with Crippen molar-refractivity contribution in [3.8, 4) is 0 Å². The van der Waals surface area contributed by atoms with Gasteiger partial charge in [-0.05, 0) is 18.9 Å². The maximum Gasteiger partial charge on any atom is 0.314 e. The van der Waals surface area contributed by atoms with Crippen LogP contribution in [0.2, 0.25) is 5.15 Å². The van der Waals surface area contributed by atoms with E-state index in [9.17, 15) is 10.1 Å². The number of nitro groups is 1. The zero-order chi connectivity index (χ0) is 15.9. The molecular weight excluding hydrogens is 312 g/mol. The molecule has 1 rings (SSSR count). The summed E-state index contributed by atoms with van der Waals surface area (Å²) in [5.74, 6) is 1.29. The average Bonchev–Trinajstić information content (AvgIpc) is 2.43. The van der Waals surface area contributed by atoms with E-state index in [1.54, 1.807) is 0 Å². The molecule has 1 aromatic rings. The fourth-order valence-electron chi connectivity index (χ4n) is 1.75. The van der Waals surface area contributed by atoms with Crippen molar-refractivity contribution < 1.29 is 4.92 Å². The number of unbranched alkanes of at least 4 members (excludes halogenated alkanes) is 2. The minimum atomic E-state index is -2.04. The molecule has 118 valence electrons. The molecule has 6 nitrogen and oxygen atoms in total. The van der Waals surface area contributed by atoms with Gasteiger partial charge in [-0.3, -0.25) is 14.9 Å². The standard InChI is InChI=1S/C13H21ClN4O2S/c1-3-5-9-21(15,10-6-4-2)17-13-11(18(19)20)7-8-12(14)16-13/h7-8,15H,3-6,9-10H2,1-2H3. The SMILES string of the molecule is CCCCS(=N)(CCCC)=Nc1nc(Cl)ccc1[N+](=O)[O-]. The van der Waals surface area contributed by atoms with Gasteiger partial charge in [0.2, 0.25) is 5.82 Å². The van der Waals surface area contributed by atoms with Crippen molar-refractivity contribution in [2.75, 3.05) is 11.5 Å². The first-order valence-electron chi connectivity index (χ1n) is 6.99. The van der Waals surface area contributed by atoms with Crippen LogP contribution in [0.25, 0.3) is 0 Å². The Labute approximate surface area is 130 Å². The predicted molar refractivity (Wildman–Crippen MR) is 87.6 cm³/mol. The number of hydrogen-bond donors (Lipinski definition) is 1. The lowest BCUT2D eigenvalue weighted by molar-refractivity contribution is -0.384. The fraction of sp³-hybridized carbons (Fsp3) is 0.615. The van der Waals surface area contributed by atoms with E-state index < -0.39 is 14.5 Å². The Morgan fingerprint density at radius 1 is 1.33 bits per heavy atom. The number of nitrogens with zero attached hydrogens (tertiary/aromatic N) is 3. The molecule has 0 aromatic carbocycles. The molecule has 0 saturated heterocycles. The molecule has 0 spiro atoms. The zero-order valence-electron chi connectivity index (χ0n) is 12.3. The lowest BCUT2D eigenvalue weighted by Crippen LogP contribution is -2.09. The van der Waals surface area contributed by atoms with Gasteiger partial charge in [0.25, 0.3) is 0 Å². The second-order valence-electron chi connectivity index (χ2n) is 4.78. The summed E-state index contributed by atoms with van der Waals surface area (Å²) in [5.41, 5.74) is -0.184. The van der Waals surface area contributed by atoms with Crippen molar-refractivity contribution in [2.45, 2.75) is 39.5 Å². The summed E-state index contributed by atoms with van der Waals surface area (Å²) in [6.07, 6.45) is 3.72. The minimum Gasteiger partial charge on any atom is -0.270 e. The van der Waals surface area contributed by atoms with Crippen LogP contribution in [0.5, 0.6) is 0 Å². The molecule has 1 N–H and O–H groups in total. The lowest BCUT2D eigenvalue weighted by Gasteiger charge is -2.12. The Hall–Kier alpha value is -1.21. The third-order valence-corrected chi connectivity index (χ3v) is 5.61. The van der Waals surface area contributed by atoms with Crippen molar-refractivity contribution in [1.29, 1.82) is 4.78 Å². The van der Waals surface area contributed by atoms with E-state index in [1.165, 1.54) is 12.1 Å². The number of pyridine rings is 1. The highest BCUT2D eigenvalue weighted by atomic mass is 35.5. The molecule has 0 fully saturated rings. The monoisotopic (exact) mass is 332 g/mol. The van der Waals surface area contributed by atoms with Crippen molar-refractivity contribution in [1.82, 2.24) is 4.98 Å². The van der Waals surface area contributed by atoms with Crippen molar-refractivity contribution in [3.63, 3.8) is 0 Å². The Morgan fingerprint density at radius 2 is 1.90 bits per heavy atom. The van der Waals surface area contributed by atoms with Gasteiger partial charge in [0.05, 0.1) is 4.92 Å². The molecule has 8 heteroatoms. The van der Waals surface area contributed by atoms with Gasteiger partial charge in [0.1, 0.15) is 5.15 Å². The van der Waals surface area contributed by atoms with Crippen molar-refractivity contribution in [2.24, 2.45) is 4.36 Å². The van der Waals surface area contributed by atoms with Gasteiger partial charge in [-0.1, -0.05) is 47.9 Å². The highest BCUT2D eigenvalue weighted by molar-refractivity contribution is 7.94. The number of hydrogen-bond acceptors (Lipinski definition) is 5. The summed E-state index contributed by atoms with van der Waals surface area (Å²) in [7, 11) is -2.04. The Balaban J connectivity index is 3.29. The van der Waals surface area contributed by atoms with Gasteiger partial charge in [0.15, 0.2) is 0 Å². The summed E-state index contributed by atoms with van der Waals surface area (Å²) in [6, 6.07) is 2.67. The van der Waals surface area contributed by atoms with Gasteiger partial charge < -0.3 is 0 Å². The molecule has 0 aliphatic carbocycles. The van der Waals surface area contributed by atoms with Crippen LogP contribution >= 0.6 is 11.6 Å². The van der Waals surface area contributed by atoms with Gasteiger partial charge in [-0.15, -0.1) is 0 Å². The summed E-state index contributed by atoms with van der Waals surface area (Å²) in [6.45, 7) is 4.11. The summed E-state index contributed by atoms with van der Waals surface area (Å²) in [5, 5.41) is 11.2. The smallest absolute Gasteiger partial charge is 0.270 e. The highest BCUT2D eigenvalue weighted by Gasteiger charge is 2.17. The van der Waals surface area contributed by atoms with Gasteiger partial charge in [0, 0.05) is 17.6 Å². The van der Waals surface area contributed by atoms with Gasteiger partial charge >= 0.3 is 5.69 Å². The minimum absolute atomic E-state index is 0.00953. The topological polar surface area (TPSA) is 92.2 Å². The van der Waals surface area contributed by atoms with Crippen LogP contribution in [0.1, 0.15) is 39.5 Å². The van der Waals surface area contributed by atoms with E-state index in [1.807, 2.05) is 0 Å². The van der Waals surface area contributed by atoms with Gasteiger partial charge in [-0.25, -0.2) is 4.98 Å². The van der Waals surface area contributed by atoms with Crippen LogP contribution in [0.4, 0.5) is 11.5 Å². The van der Waals surface area contributed by atoms with Crippen LogP contribution in [0, 0.1) is 14.9 Å². The van der Waals surface area contributed by atoms with Crippen molar-refractivity contribution in [3.05, 3.63) is 27.4 Å². The summed E-state index contributed by atoms with van der Waals surface area (Å²) >= 11 is 5.81. The molecule has 0 unspecified atom stereocenters. The fourth-order valence-corrected chi connectivity index (χ4v) is 4.28. The Bertz CT molecular complexity index is 598. The van der Waals surface area contributed by atoms with E-state index in [0.29, 0.717) is 11.5 Å². The van der Waals surface area contributed by atoms with Crippen LogP contribution in [-0.2, 0) is 9.62 Å². The number of rotatable bonds is 8. The maximum atomic E-state index is 11.1. The summed E-state index contributed by atoms with van der Waals surface area (Å²) in [4.78, 5) is 14.5. The van der Waals surface area contributed by atoms with Crippen LogP contribution in [-0.4, -0.2) is 21.4 Å². The Morgan fingerprint density at radius 3 is 2.38 bits per heavy atom. The molecular formula is C13H21ClN4O2S. The van der Waals surface area contributed by atoms with Crippen LogP contribution < -0.4 is 0 Å². The average molecular weight is 333 g/mol. The van der Waals surface area contributed by atoms with E-state index in [2.05, 4.69) is 23.2 Å². The lowest BCUT2D eigenvalue weighted by atomic mass is 10.4. The molecule has 1 aromatic heterocycles. The molecule has 0 amide bonds. The first kappa shape index (κ1) is 17.8. The quantitative estimate of drug-likeness (QED) is 0.413. The van der Waals surface area contributed by atoms with E-state index >= 15 is 0 Å². The first-order chi connectivity index (χ1) is 9.91. The Kier molecular flexibility index (Phi) is 7.04. The third-order valence-electron chi connectivity index (χ3n) is 2.95. The van der Waals surface area contributed by atoms with E-state index in [0.717, 1.165) is 25.7 Å².